The van der Waals surface area contributed by atoms with Crippen LogP contribution in [0.3, 0.4) is 0 Å². The molecule has 12 nitrogen and oxygen atoms in total. The Bertz CT molecular complexity index is 1840. The first-order valence-corrected chi connectivity index (χ1v) is 29.1. The molecule has 0 fully saturated rings. The van der Waals surface area contributed by atoms with E-state index >= 15 is 0 Å². The lowest BCUT2D eigenvalue weighted by Gasteiger charge is -2.35. The Kier molecular flexibility index (Phi) is 20.0. The fourth-order valence-corrected chi connectivity index (χ4v) is 19.4. The molecule has 4 aromatic rings. The first-order valence-electron chi connectivity index (χ1n) is 23.0. The molecule has 3 aromatic carbocycles. The second-order valence-corrected chi connectivity index (χ2v) is 27.1. The number of aromatic nitrogens is 3. The van der Waals surface area contributed by atoms with Gasteiger partial charge in [0.05, 0.1) is 0 Å². The van der Waals surface area contributed by atoms with Crippen LogP contribution in [0, 0.1) is 0 Å². The summed E-state index contributed by atoms with van der Waals surface area (Å²) in [5.74, 6) is 0. The van der Waals surface area contributed by atoms with Gasteiger partial charge in [0.2, 0.25) is 0 Å². The van der Waals surface area contributed by atoms with E-state index in [1.807, 2.05) is 174 Å². The summed E-state index contributed by atoms with van der Waals surface area (Å²) in [6.45, 7) is 24.2. The molecule has 0 atom stereocenters. The minimum Gasteiger partial charge on any atom is -0.388 e. The molecule has 1 heterocycles. The maximum atomic E-state index is 14.6. The third-order valence-corrected chi connectivity index (χ3v) is 22.0. The fourth-order valence-electron chi connectivity index (χ4n) is 8.31. The van der Waals surface area contributed by atoms with Crippen molar-refractivity contribution in [3.8, 4) is 0 Å². The SMILES string of the molecule is CC(C)O[Si](CCCn1c(=O)n(CCC[Si](OC(C)C)(OC(C)C)c2ccccc2)c(=O)n(CCC[Si](OC(C)C)(OC(C)C)c2ccccc2)c1=O)(OC(C)C)c1ccccc1. The summed E-state index contributed by atoms with van der Waals surface area (Å²) in [6.07, 6.45) is 0.542. The van der Waals surface area contributed by atoms with Gasteiger partial charge in [0.15, 0.2) is 0 Å². The van der Waals surface area contributed by atoms with Crippen LogP contribution in [-0.4, -0.2) is 76.0 Å². The highest BCUT2D eigenvalue weighted by Crippen LogP contribution is 2.24. The maximum absolute atomic E-state index is 14.6. The van der Waals surface area contributed by atoms with Gasteiger partial charge < -0.3 is 26.6 Å². The summed E-state index contributed by atoms with van der Waals surface area (Å²) in [6, 6.07) is 31.4. The summed E-state index contributed by atoms with van der Waals surface area (Å²) in [5.41, 5.74) is -1.91. The van der Waals surface area contributed by atoms with Gasteiger partial charge in [-0.1, -0.05) is 91.0 Å². The third-order valence-electron chi connectivity index (χ3n) is 10.2. The molecule has 0 saturated heterocycles. The Labute approximate surface area is 379 Å². The van der Waals surface area contributed by atoms with Crippen molar-refractivity contribution in [3.63, 3.8) is 0 Å². The zero-order chi connectivity index (χ0) is 46.4. The molecule has 0 bridgehead atoms. The van der Waals surface area contributed by atoms with Crippen molar-refractivity contribution in [1.29, 1.82) is 0 Å². The Morgan fingerprint density at radius 1 is 0.349 bits per heavy atom. The summed E-state index contributed by atoms with van der Waals surface area (Å²) in [4.78, 5) is 43.7. The van der Waals surface area contributed by atoms with E-state index in [4.69, 9.17) is 26.6 Å². The summed E-state index contributed by atoms with van der Waals surface area (Å²) >= 11 is 0. The Balaban J connectivity index is 1.79. The average Bonchev–Trinajstić information content (AvgIpc) is 3.21. The molecule has 0 radical (unpaired) electrons. The molecule has 0 aliphatic rings. The van der Waals surface area contributed by atoms with E-state index in [1.54, 1.807) is 0 Å². The second kappa shape index (κ2) is 24.1. The largest absolute Gasteiger partial charge is 0.388 e. The number of hydrogen-bond acceptors (Lipinski definition) is 9. The molecule has 0 spiro atoms. The first-order chi connectivity index (χ1) is 29.8. The molecule has 4 rings (SSSR count). The van der Waals surface area contributed by atoms with Gasteiger partial charge in [0, 0.05) is 56.3 Å². The number of hydrogen-bond donors (Lipinski definition) is 0. The van der Waals surface area contributed by atoms with Crippen LogP contribution in [0.25, 0.3) is 0 Å². The molecule has 348 valence electrons. The van der Waals surface area contributed by atoms with Crippen molar-refractivity contribution in [2.24, 2.45) is 0 Å². The highest BCUT2D eigenvalue weighted by molar-refractivity contribution is 6.82. The van der Waals surface area contributed by atoms with E-state index < -0.39 is 42.8 Å². The van der Waals surface area contributed by atoms with Gasteiger partial charge in [0.25, 0.3) is 0 Å². The van der Waals surface area contributed by atoms with Crippen LogP contribution >= 0.6 is 0 Å². The van der Waals surface area contributed by atoms with Crippen LogP contribution in [0.2, 0.25) is 18.1 Å². The van der Waals surface area contributed by atoms with Crippen LogP contribution < -0.4 is 32.6 Å². The van der Waals surface area contributed by atoms with Crippen molar-refractivity contribution in [1.82, 2.24) is 13.7 Å². The summed E-state index contributed by atoms with van der Waals surface area (Å²) in [7, 11) is -9.20. The maximum Gasteiger partial charge on any atom is 0.373 e. The zero-order valence-electron chi connectivity index (χ0n) is 40.0. The van der Waals surface area contributed by atoms with Crippen molar-refractivity contribution in [2.45, 2.75) is 177 Å². The van der Waals surface area contributed by atoms with Gasteiger partial charge >= 0.3 is 42.8 Å². The molecular formula is C48H75N3O9Si3. The molecule has 0 aliphatic carbocycles. The van der Waals surface area contributed by atoms with Gasteiger partial charge in [-0.2, -0.15) is 0 Å². The molecule has 15 heteroatoms. The monoisotopic (exact) mass is 921 g/mol. The predicted molar refractivity (Wildman–Crippen MR) is 260 cm³/mol. The van der Waals surface area contributed by atoms with Crippen LogP contribution in [0.4, 0.5) is 0 Å². The quantitative estimate of drug-likeness (QED) is 0.0586. The molecule has 0 aliphatic heterocycles. The van der Waals surface area contributed by atoms with Gasteiger partial charge in [-0.05, 0) is 136 Å². The van der Waals surface area contributed by atoms with Gasteiger partial charge in [-0.25, -0.2) is 28.1 Å². The molecule has 0 amide bonds. The van der Waals surface area contributed by atoms with E-state index in [9.17, 15) is 14.4 Å². The lowest BCUT2D eigenvalue weighted by Crippen LogP contribution is -2.58. The van der Waals surface area contributed by atoms with Crippen LogP contribution in [0.1, 0.15) is 102 Å². The molecule has 1 aromatic heterocycles. The summed E-state index contributed by atoms with van der Waals surface area (Å²) < 4.78 is 43.9. The highest BCUT2D eigenvalue weighted by atomic mass is 28.4. The minimum absolute atomic E-state index is 0.0771. The zero-order valence-corrected chi connectivity index (χ0v) is 43.0. The van der Waals surface area contributed by atoms with Crippen LogP contribution in [-0.2, 0) is 46.2 Å². The molecule has 0 unspecified atom stereocenters. The third kappa shape index (κ3) is 14.5. The Morgan fingerprint density at radius 2 is 0.540 bits per heavy atom. The van der Waals surface area contributed by atoms with Gasteiger partial charge in [-0.15, -0.1) is 0 Å². The molecule has 63 heavy (non-hydrogen) atoms. The molecular weight excluding hydrogens is 847 g/mol. The van der Waals surface area contributed by atoms with E-state index in [0.717, 1.165) is 15.6 Å². The van der Waals surface area contributed by atoms with Gasteiger partial charge in [0.1, 0.15) is 0 Å². The first kappa shape index (κ1) is 52.1. The molecule has 0 saturated carbocycles. The number of rotatable bonds is 27. The highest BCUT2D eigenvalue weighted by Gasteiger charge is 2.44. The second-order valence-electron chi connectivity index (χ2n) is 18.0. The average molecular weight is 922 g/mol. The van der Waals surface area contributed by atoms with Crippen LogP contribution in [0.15, 0.2) is 105 Å². The standard InChI is InChI=1S/C48H75N3O9Si3/c1-37(2)55-61(56-38(3)4,43-25-16-13-17-26-43)34-22-31-49-46(52)50(32-23-35-62(57-39(5)6,58-40(7)8)44-27-18-14-19-28-44)48(54)51(47(49)53)33-24-36-63(59-41(9)10,60-42(11)12)45-29-20-15-21-30-45/h13-21,25-30,37-42H,22-24,31-36H2,1-12H3. The van der Waals surface area contributed by atoms with Crippen molar-refractivity contribution >= 4 is 41.2 Å². The predicted octanol–water partition coefficient (Wildman–Crippen LogP) is 6.94. The van der Waals surface area contributed by atoms with Gasteiger partial charge in [-0.3, -0.25) is 0 Å². The minimum atomic E-state index is -3.07. The van der Waals surface area contributed by atoms with E-state index in [2.05, 4.69) is 0 Å². The number of nitrogens with zero attached hydrogens (tertiary/aromatic N) is 3. The van der Waals surface area contributed by atoms with E-state index in [-0.39, 0.29) is 56.3 Å². The number of benzene rings is 3. The van der Waals surface area contributed by atoms with Crippen LogP contribution in [0.5, 0.6) is 0 Å². The Morgan fingerprint density at radius 3 is 0.714 bits per heavy atom. The lowest BCUT2D eigenvalue weighted by molar-refractivity contribution is 0.113. The molecule has 0 N–H and O–H groups in total. The van der Waals surface area contributed by atoms with E-state index in [0.29, 0.717) is 37.4 Å². The topological polar surface area (TPSA) is 121 Å². The van der Waals surface area contributed by atoms with E-state index in [1.165, 1.54) is 13.7 Å². The lowest BCUT2D eigenvalue weighted by atomic mass is 10.4. The van der Waals surface area contributed by atoms with Crippen molar-refractivity contribution < 1.29 is 26.6 Å². The van der Waals surface area contributed by atoms with Crippen molar-refractivity contribution in [3.05, 3.63) is 122 Å². The normalized spacial score (nSPS) is 12.9. The fraction of sp³-hybridized carbons (Fsp3) is 0.562. The van der Waals surface area contributed by atoms with Crippen molar-refractivity contribution in [2.75, 3.05) is 0 Å². The smallest absolute Gasteiger partial charge is 0.373 e. The Hall–Kier alpha value is -3.52. The summed E-state index contributed by atoms with van der Waals surface area (Å²) in [5, 5.41) is 2.95.